The number of unbranched alkanes of at least 4 members (excludes halogenated alkanes) is 27. The van der Waals surface area contributed by atoms with Crippen molar-refractivity contribution in [1.29, 1.82) is 0 Å². The Morgan fingerprint density at radius 2 is 0.869 bits per heavy atom. The fraction of sp³-hybridized carbons (Fsp3) is 0.830. The number of carbonyl (C=O) groups is 3. The summed E-state index contributed by atoms with van der Waals surface area (Å²) in [4.78, 5) is 37.0. The summed E-state index contributed by atoms with van der Waals surface area (Å²) >= 11 is 0. The number of aliphatic carboxylic acids is 1. The molecule has 0 saturated carbocycles. The van der Waals surface area contributed by atoms with Crippen LogP contribution in [0, 0.1) is 0 Å². The molecule has 0 amide bonds. The van der Waals surface area contributed by atoms with Crippen LogP contribution in [-0.2, 0) is 28.6 Å². The van der Waals surface area contributed by atoms with Crippen molar-refractivity contribution in [1.82, 2.24) is 0 Å². The summed E-state index contributed by atoms with van der Waals surface area (Å²) in [5.74, 6) is -1.74. The van der Waals surface area contributed by atoms with Crippen LogP contribution < -0.4 is 5.11 Å². The first kappa shape index (κ1) is 58.6. The van der Waals surface area contributed by atoms with Crippen molar-refractivity contribution in [3.05, 3.63) is 36.5 Å². The van der Waals surface area contributed by atoms with Crippen LogP contribution >= 0.6 is 0 Å². The summed E-state index contributed by atoms with van der Waals surface area (Å²) in [6, 6.07) is -0.727. The zero-order valence-corrected chi connectivity index (χ0v) is 40.6. The normalized spacial score (nSPS) is 13.1. The number of hydrogen-bond donors (Lipinski definition) is 0. The standard InChI is InChI=1S/C53H97NO7/c1-6-8-10-12-14-16-18-20-22-24-26-28-29-31-33-35-37-39-41-43-51(55)60-48-49(47-59-46-45-50(53(57)58)54(3,4)5)61-52(56)44-42-40-38-36-34-32-30-27-25-23-21-19-17-15-13-11-9-7-2/h14,16,18,20,27,30,49-50H,6-13,15,17,19,21-26,28-29,31-48H2,1-5H3/b16-14+,20-18+,30-27+. The van der Waals surface area contributed by atoms with E-state index in [2.05, 4.69) is 50.3 Å². The molecule has 0 aliphatic carbocycles. The van der Waals surface area contributed by atoms with Crippen LogP contribution in [0.2, 0.25) is 0 Å². The molecule has 0 saturated heterocycles. The Balaban J connectivity index is 4.26. The second-order valence-electron chi connectivity index (χ2n) is 18.4. The summed E-state index contributed by atoms with van der Waals surface area (Å²) < 4.78 is 17.2. The second kappa shape index (κ2) is 44.2. The van der Waals surface area contributed by atoms with E-state index in [1.54, 1.807) is 21.1 Å². The average molecular weight is 860 g/mol. The van der Waals surface area contributed by atoms with Gasteiger partial charge in [-0.2, -0.15) is 0 Å². The van der Waals surface area contributed by atoms with Gasteiger partial charge in [0.25, 0.3) is 0 Å². The summed E-state index contributed by atoms with van der Waals surface area (Å²) in [7, 11) is 5.42. The monoisotopic (exact) mass is 860 g/mol. The molecular weight excluding hydrogens is 763 g/mol. The number of quaternary nitrogens is 1. The molecule has 0 aromatic rings. The number of hydrogen-bond acceptors (Lipinski definition) is 7. The molecule has 2 atom stereocenters. The lowest BCUT2D eigenvalue weighted by Gasteiger charge is -2.34. The van der Waals surface area contributed by atoms with E-state index in [1.807, 2.05) is 0 Å². The minimum absolute atomic E-state index is 0.0382. The lowest BCUT2D eigenvalue weighted by molar-refractivity contribution is -0.889. The van der Waals surface area contributed by atoms with Gasteiger partial charge in [0.2, 0.25) is 0 Å². The van der Waals surface area contributed by atoms with E-state index in [0.29, 0.717) is 12.8 Å². The Bertz CT molecular complexity index is 1090. The van der Waals surface area contributed by atoms with E-state index >= 15 is 0 Å². The third kappa shape index (κ3) is 42.6. The van der Waals surface area contributed by atoms with E-state index in [1.165, 1.54) is 148 Å². The average Bonchev–Trinajstić information content (AvgIpc) is 3.22. The highest BCUT2D eigenvalue weighted by molar-refractivity contribution is 5.70. The third-order valence-corrected chi connectivity index (χ3v) is 11.5. The van der Waals surface area contributed by atoms with Gasteiger partial charge in [0, 0.05) is 19.3 Å². The van der Waals surface area contributed by atoms with Gasteiger partial charge in [-0.15, -0.1) is 0 Å². The van der Waals surface area contributed by atoms with Crippen LogP contribution in [0.1, 0.15) is 232 Å². The Morgan fingerprint density at radius 3 is 1.31 bits per heavy atom. The molecule has 0 heterocycles. The van der Waals surface area contributed by atoms with Crippen LogP contribution in [0.5, 0.6) is 0 Å². The van der Waals surface area contributed by atoms with Crippen molar-refractivity contribution in [2.75, 3.05) is 41.0 Å². The minimum Gasteiger partial charge on any atom is -0.544 e. The predicted octanol–water partition coefficient (Wildman–Crippen LogP) is 13.3. The molecule has 0 radical (unpaired) electrons. The van der Waals surface area contributed by atoms with Crippen LogP contribution in [0.15, 0.2) is 36.5 Å². The number of nitrogens with zero attached hydrogens (tertiary/aromatic N) is 1. The lowest BCUT2D eigenvalue weighted by Crippen LogP contribution is -2.55. The highest BCUT2D eigenvalue weighted by Gasteiger charge is 2.25. The quantitative estimate of drug-likeness (QED) is 0.0197. The van der Waals surface area contributed by atoms with E-state index in [9.17, 15) is 19.5 Å². The van der Waals surface area contributed by atoms with Crippen LogP contribution in [-0.4, -0.2) is 75.5 Å². The largest absolute Gasteiger partial charge is 0.544 e. The highest BCUT2D eigenvalue weighted by atomic mass is 16.6. The van der Waals surface area contributed by atoms with E-state index in [4.69, 9.17) is 14.2 Å². The highest BCUT2D eigenvalue weighted by Crippen LogP contribution is 2.15. The first-order chi connectivity index (χ1) is 29.6. The van der Waals surface area contributed by atoms with Crippen molar-refractivity contribution >= 4 is 17.9 Å². The maximum atomic E-state index is 12.8. The fourth-order valence-electron chi connectivity index (χ4n) is 7.53. The van der Waals surface area contributed by atoms with Crippen molar-refractivity contribution < 1.29 is 38.2 Å². The van der Waals surface area contributed by atoms with Crippen LogP contribution in [0.3, 0.4) is 0 Å². The molecule has 0 N–H and O–H groups in total. The fourth-order valence-corrected chi connectivity index (χ4v) is 7.53. The number of carboxylic acid groups (broad SMARTS) is 1. The van der Waals surface area contributed by atoms with Gasteiger partial charge in [0.05, 0.1) is 40.3 Å². The van der Waals surface area contributed by atoms with Crippen molar-refractivity contribution in [2.45, 2.75) is 244 Å². The zero-order chi connectivity index (χ0) is 44.9. The van der Waals surface area contributed by atoms with Gasteiger partial charge in [-0.3, -0.25) is 9.59 Å². The van der Waals surface area contributed by atoms with Gasteiger partial charge in [-0.1, -0.05) is 185 Å². The SMILES string of the molecule is CCCCC/C=C/C=C/CCCCCCCCCCCCC(=O)OCC(COCCC(C(=O)[O-])[N+](C)(C)C)OC(=O)CCCCCCC/C=C/CCCCCCCCCCC. The van der Waals surface area contributed by atoms with E-state index in [0.717, 1.165) is 51.4 Å². The Labute approximate surface area is 376 Å². The van der Waals surface area contributed by atoms with Gasteiger partial charge in [-0.05, 0) is 64.2 Å². The molecular formula is C53H97NO7. The molecule has 0 spiro atoms. The predicted molar refractivity (Wildman–Crippen MR) is 254 cm³/mol. The van der Waals surface area contributed by atoms with Crippen LogP contribution in [0.25, 0.3) is 0 Å². The minimum atomic E-state index is -1.12. The number of likely N-dealkylation sites (N-methyl/N-ethyl adjacent to an activating group) is 1. The molecule has 0 fully saturated rings. The van der Waals surface area contributed by atoms with E-state index in [-0.39, 0.29) is 42.7 Å². The third-order valence-electron chi connectivity index (χ3n) is 11.5. The van der Waals surface area contributed by atoms with Crippen molar-refractivity contribution in [2.24, 2.45) is 0 Å². The maximum Gasteiger partial charge on any atom is 0.306 e. The number of rotatable bonds is 46. The summed E-state index contributed by atoms with van der Waals surface area (Å²) in [5.41, 5.74) is 0. The van der Waals surface area contributed by atoms with Crippen LogP contribution in [0.4, 0.5) is 0 Å². The first-order valence-electron chi connectivity index (χ1n) is 25.5. The molecule has 2 unspecified atom stereocenters. The Hall–Kier alpha value is -2.45. The number of ether oxygens (including phenoxy) is 3. The first-order valence-corrected chi connectivity index (χ1v) is 25.5. The van der Waals surface area contributed by atoms with Gasteiger partial charge in [0.15, 0.2) is 6.10 Å². The molecule has 61 heavy (non-hydrogen) atoms. The molecule has 0 aliphatic heterocycles. The molecule has 0 aromatic heterocycles. The number of carbonyl (C=O) groups excluding carboxylic acids is 3. The Morgan fingerprint density at radius 1 is 0.492 bits per heavy atom. The topological polar surface area (TPSA) is 102 Å². The lowest BCUT2D eigenvalue weighted by atomic mass is 10.1. The van der Waals surface area contributed by atoms with Gasteiger partial charge in [0.1, 0.15) is 12.6 Å². The molecule has 0 aliphatic rings. The summed E-state index contributed by atoms with van der Waals surface area (Å²) in [6.45, 7) is 4.65. The van der Waals surface area contributed by atoms with Crippen molar-refractivity contribution in [3.63, 3.8) is 0 Å². The Kier molecular flexibility index (Phi) is 42.4. The maximum absolute atomic E-state index is 12.8. The second-order valence-corrected chi connectivity index (χ2v) is 18.4. The number of allylic oxidation sites excluding steroid dienone is 6. The summed E-state index contributed by atoms with van der Waals surface area (Å²) in [5, 5.41) is 11.7. The smallest absolute Gasteiger partial charge is 0.306 e. The van der Waals surface area contributed by atoms with Gasteiger partial charge < -0.3 is 28.6 Å². The number of carboxylic acids is 1. The molecule has 356 valence electrons. The van der Waals surface area contributed by atoms with E-state index < -0.39 is 18.1 Å². The van der Waals surface area contributed by atoms with Gasteiger partial charge >= 0.3 is 11.9 Å². The summed E-state index contributed by atoms with van der Waals surface area (Å²) in [6.07, 6.45) is 51.7. The molecule has 0 rings (SSSR count). The van der Waals surface area contributed by atoms with Crippen molar-refractivity contribution in [3.8, 4) is 0 Å². The van der Waals surface area contributed by atoms with Gasteiger partial charge in [-0.25, -0.2) is 0 Å². The zero-order valence-electron chi connectivity index (χ0n) is 40.6. The molecule has 8 nitrogen and oxygen atoms in total. The number of esters is 2. The molecule has 8 heteroatoms. The molecule has 0 bridgehead atoms. The molecule has 0 aromatic carbocycles.